The molecule has 0 bridgehead atoms. The van der Waals surface area contributed by atoms with Crippen molar-refractivity contribution in [3.05, 3.63) is 35.5 Å². The van der Waals surface area contributed by atoms with Gasteiger partial charge in [-0.3, -0.25) is 0 Å². The van der Waals surface area contributed by atoms with Crippen molar-refractivity contribution in [1.29, 1.82) is 0 Å². The Labute approximate surface area is 110 Å². The molecule has 0 fully saturated rings. The van der Waals surface area contributed by atoms with Gasteiger partial charge in [-0.25, -0.2) is 14.6 Å². The zero-order valence-corrected chi connectivity index (χ0v) is 10.9. The number of rotatable bonds is 4. The summed E-state index contributed by atoms with van der Waals surface area (Å²) < 4.78 is 1.77. The molecule has 3 N–H and O–H groups in total. The zero-order valence-electron chi connectivity index (χ0n) is 10.9. The van der Waals surface area contributed by atoms with Crippen LogP contribution in [0, 0.1) is 0 Å². The molecule has 0 amide bonds. The minimum absolute atomic E-state index is 0.0653. The van der Waals surface area contributed by atoms with E-state index in [0.29, 0.717) is 11.5 Å². The first kappa shape index (κ1) is 13.0. The summed E-state index contributed by atoms with van der Waals surface area (Å²) in [6, 6.07) is 2.05. The van der Waals surface area contributed by atoms with E-state index in [9.17, 15) is 0 Å². The van der Waals surface area contributed by atoms with Crippen LogP contribution in [0.1, 0.15) is 30.9 Å². The average Bonchev–Trinajstić information content (AvgIpc) is 2.90. The molecule has 2 heterocycles. The molecule has 0 unspecified atom stereocenters. The van der Waals surface area contributed by atoms with Crippen LogP contribution in [-0.2, 0) is 12.8 Å². The Morgan fingerprint density at radius 3 is 2.63 bits per heavy atom. The van der Waals surface area contributed by atoms with Crippen LogP contribution in [0.2, 0.25) is 0 Å². The van der Waals surface area contributed by atoms with E-state index in [0.717, 1.165) is 24.2 Å². The van der Waals surface area contributed by atoms with Crippen LogP contribution in [0.5, 0.6) is 0 Å². The smallest absolute Gasteiger partial charge is 0.190 e. The molecular weight excluding hydrogens is 244 g/mol. The summed E-state index contributed by atoms with van der Waals surface area (Å²) in [5, 5.41) is 15.9. The van der Waals surface area contributed by atoms with Crippen LogP contribution in [0.25, 0.3) is 5.82 Å². The first-order valence-electron chi connectivity index (χ1n) is 6.07. The third-order valence-corrected chi connectivity index (χ3v) is 2.78. The lowest BCUT2D eigenvalue weighted by Crippen LogP contribution is -2.16. The highest BCUT2D eigenvalue weighted by Gasteiger charge is 2.09. The lowest BCUT2D eigenvalue weighted by molar-refractivity contribution is 0.318. The number of hydrogen-bond acceptors (Lipinski definition) is 5. The topological polar surface area (TPSA) is 102 Å². The SMILES string of the molecule is CCc1cc(CC)n(-c2cnc(/C(N)=N/O)cn2)n1. The van der Waals surface area contributed by atoms with Gasteiger partial charge in [0.1, 0.15) is 5.69 Å². The molecule has 0 radical (unpaired) electrons. The van der Waals surface area contributed by atoms with Gasteiger partial charge in [0.15, 0.2) is 11.7 Å². The standard InChI is InChI=1S/C12H16N6O/c1-3-8-5-9(4-2)18(16-8)11-7-14-10(6-15-11)12(13)17-19/h5-7,19H,3-4H2,1-2H3,(H2,13,17). The van der Waals surface area contributed by atoms with E-state index in [2.05, 4.69) is 40.1 Å². The molecule has 0 atom stereocenters. The van der Waals surface area contributed by atoms with Gasteiger partial charge in [0.05, 0.1) is 18.1 Å². The van der Waals surface area contributed by atoms with Crippen LogP contribution >= 0.6 is 0 Å². The fourth-order valence-corrected chi connectivity index (χ4v) is 1.71. The Hall–Kier alpha value is -2.44. The van der Waals surface area contributed by atoms with Crippen molar-refractivity contribution in [3.63, 3.8) is 0 Å². The maximum absolute atomic E-state index is 8.57. The number of hydrogen-bond donors (Lipinski definition) is 2. The Kier molecular flexibility index (Phi) is 3.74. The van der Waals surface area contributed by atoms with Crippen LogP contribution < -0.4 is 5.73 Å². The van der Waals surface area contributed by atoms with Crippen molar-refractivity contribution >= 4 is 5.84 Å². The lowest BCUT2D eigenvalue weighted by Gasteiger charge is -2.04. The second-order valence-electron chi connectivity index (χ2n) is 3.99. The van der Waals surface area contributed by atoms with Gasteiger partial charge in [0, 0.05) is 5.69 Å². The number of oxime groups is 1. The van der Waals surface area contributed by atoms with Crippen molar-refractivity contribution in [2.45, 2.75) is 26.7 Å². The molecule has 0 spiro atoms. The monoisotopic (exact) mass is 260 g/mol. The Morgan fingerprint density at radius 1 is 1.32 bits per heavy atom. The summed E-state index contributed by atoms with van der Waals surface area (Å²) in [5.74, 6) is 0.551. The van der Waals surface area contributed by atoms with E-state index < -0.39 is 0 Å². The molecule has 0 aliphatic heterocycles. The minimum atomic E-state index is -0.0653. The number of amidine groups is 1. The van der Waals surface area contributed by atoms with Gasteiger partial charge < -0.3 is 10.9 Å². The highest BCUT2D eigenvalue weighted by molar-refractivity contribution is 5.94. The molecule has 2 aromatic rings. The molecule has 0 aromatic carbocycles. The maximum atomic E-state index is 8.57. The van der Waals surface area contributed by atoms with E-state index in [4.69, 9.17) is 10.9 Å². The molecule has 0 aliphatic rings. The van der Waals surface area contributed by atoms with Gasteiger partial charge in [-0.05, 0) is 18.9 Å². The predicted molar refractivity (Wildman–Crippen MR) is 70.4 cm³/mol. The van der Waals surface area contributed by atoms with E-state index in [1.165, 1.54) is 6.20 Å². The summed E-state index contributed by atoms with van der Waals surface area (Å²) in [4.78, 5) is 8.34. The van der Waals surface area contributed by atoms with Crippen molar-refractivity contribution in [2.24, 2.45) is 10.9 Å². The molecule has 2 aromatic heterocycles. The van der Waals surface area contributed by atoms with Gasteiger partial charge in [0.2, 0.25) is 0 Å². The van der Waals surface area contributed by atoms with Gasteiger partial charge in [-0.2, -0.15) is 5.10 Å². The van der Waals surface area contributed by atoms with Gasteiger partial charge in [-0.15, -0.1) is 0 Å². The highest BCUT2D eigenvalue weighted by Crippen LogP contribution is 2.11. The fourth-order valence-electron chi connectivity index (χ4n) is 1.71. The third-order valence-electron chi connectivity index (χ3n) is 2.78. The summed E-state index contributed by atoms with van der Waals surface area (Å²) in [5.41, 5.74) is 7.85. The van der Waals surface area contributed by atoms with E-state index in [1.54, 1.807) is 10.9 Å². The minimum Gasteiger partial charge on any atom is -0.409 e. The first-order chi connectivity index (χ1) is 9.19. The van der Waals surface area contributed by atoms with Crippen molar-refractivity contribution in [1.82, 2.24) is 19.7 Å². The molecule has 0 aliphatic carbocycles. The van der Waals surface area contributed by atoms with Crippen molar-refractivity contribution in [3.8, 4) is 5.82 Å². The predicted octanol–water partition coefficient (Wildman–Crippen LogP) is 0.882. The molecule has 0 saturated carbocycles. The van der Waals surface area contributed by atoms with Crippen LogP contribution in [-0.4, -0.2) is 30.8 Å². The Morgan fingerprint density at radius 2 is 2.11 bits per heavy atom. The van der Waals surface area contributed by atoms with Gasteiger partial charge >= 0.3 is 0 Å². The summed E-state index contributed by atoms with van der Waals surface area (Å²) in [6.07, 6.45) is 4.74. The van der Waals surface area contributed by atoms with Gasteiger partial charge in [0.25, 0.3) is 0 Å². The molecule has 7 heteroatoms. The second-order valence-corrected chi connectivity index (χ2v) is 3.99. The fraction of sp³-hybridized carbons (Fsp3) is 0.333. The molecule has 7 nitrogen and oxygen atoms in total. The number of nitrogens with zero attached hydrogens (tertiary/aromatic N) is 5. The summed E-state index contributed by atoms with van der Waals surface area (Å²) in [6.45, 7) is 4.12. The van der Waals surface area contributed by atoms with Gasteiger partial charge in [-0.1, -0.05) is 19.0 Å². The van der Waals surface area contributed by atoms with E-state index >= 15 is 0 Å². The Balaban J connectivity index is 2.39. The molecular formula is C12H16N6O. The van der Waals surface area contributed by atoms with E-state index in [-0.39, 0.29) is 5.84 Å². The first-order valence-corrected chi connectivity index (χ1v) is 6.07. The molecule has 19 heavy (non-hydrogen) atoms. The third kappa shape index (κ3) is 2.54. The highest BCUT2D eigenvalue weighted by atomic mass is 16.4. The van der Waals surface area contributed by atoms with Crippen molar-refractivity contribution < 1.29 is 5.21 Å². The van der Waals surface area contributed by atoms with E-state index in [1.807, 2.05) is 0 Å². The quantitative estimate of drug-likeness (QED) is 0.368. The molecule has 0 saturated heterocycles. The second kappa shape index (κ2) is 5.47. The lowest BCUT2D eigenvalue weighted by atomic mass is 10.3. The maximum Gasteiger partial charge on any atom is 0.190 e. The average molecular weight is 260 g/mol. The molecule has 2 rings (SSSR count). The Bertz CT molecular complexity index is 587. The van der Waals surface area contributed by atoms with Crippen LogP contribution in [0.4, 0.5) is 0 Å². The number of aromatic nitrogens is 4. The summed E-state index contributed by atoms with van der Waals surface area (Å²) >= 11 is 0. The van der Waals surface area contributed by atoms with Crippen LogP contribution in [0.15, 0.2) is 23.6 Å². The number of nitrogens with two attached hydrogens (primary N) is 1. The zero-order chi connectivity index (χ0) is 13.8. The normalized spacial score (nSPS) is 11.8. The van der Waals surface area contributed by atoms with Crippen molar-refractivity contribution in [2.75, 3.05) is 0 Å². The van der Waals surface area contributed by atoms with Crippen LogP contribution in [0.3, 0.4) is 0 Å². The molecule has 100 valence electrons. The summed E-state index contributed by atoms with van der Waals surface area (Å²) in [7, 11) is 0. The number of aryl methyl sites for hydroxylation is 2. The largest absolute Gasteiger partial charge is 0.409 e.